The van der Waals surface area contributed by atoms with Crippen molar-refractivity contribution in [3.05, 3.63) is 54.1 Å². The Morgan fingerprint density at radius 3 is 2.00 bits per heavy atom. The lowest BCUT2D eigenvalue weighted by atomic mass is 10.2. The van der Waals surface area contributed by atoms with Crippen LogP contribution in [0, 0.1) is 6.92 Å². The minimum absolute atomic E-state index is 0.919. The number of nitrogens with zero attached hydrogens (tertiary/aromatic N) is 1. The molecular formula is C13H15N. The Hall–Kier alpha value is -1.50. The highest BCUT2D eigenvalue weighted by Crippen LogP contribution is 2.25. The van der Waals surface area contributed by atoms with E-state index in [-0.39, 0.29) is 0 Å². The van der Waals surface area contributed by atoms with Crippen molar-refractivity contribution >= 4 is 5.69 Å². The maximum Gasteiger partial charge on any atom is 0.0430 e. The molecule has 1 fully saturated rings. The van der Waals surface area contributed by atoms with Crippen LogP contribution in [0.1, 0.15) is 5.56 Å². The van der Waals surface area contributed by atoms with Gasteiger partial charge < -0.3 is 4.90 Å². The molecule has 0 radical (unpaired) electrons. The smallest absolute Gasteiger partial charge is 0.0430 e. The lowest BCUT2D eigenvalue weighted by Gasteiger charge is -2.16. The SMILES string of the molecule is C=C1CN(c2ccc(C)cc2)CC1=C. The molecule has 1 heteroatoms. The third kappa shape index (κ3) is 1.58. The first-order valence-corrected chi connectivity index (χ1v) is 4.84. The van der Waals surface area contributed by atoms with E-state index in [1.54, 1.807) is 0 Å². The van der Waals surface area contributed by atoms with Crippen LogP contribution in [0.4, 0.5) is 5.69 Å². The summed E-state index contributed by atoms with van der Waals surface area (Å²) in [5.74, 6) is 0. The van der Waals surface area contributed by atoms with E-state index >= 15 is 0 Å². The van der Waals surface area contributed by atoms with Crippen molar-refractivity contribution in [3.8, 4) is 0 Å². The lowest BCUT2D eigenvalue weighted by molar-refractivity contribution is 1.01. The average molecular weight is 185 g/mol. The molecule has 2 rings (SSSR count). The molecule has 0 atom stereocenters. The first-order valence-electron chi connectivity index (χ1n) is 4.84. The standard InChI is InChI=1S/C13H15N/c1-10-4-6-13(7-5-10)14-8-11(2)12(3)9-14/h4-7H,2-3,8-9H2,1H3. The lowest BCUT2D eigenvalue weighted by Crippen LogP contribution is -2.17. The number of rotatable bonds is 1. The Morgan fingerprint density at radius 1 is 1.00 bits per heavy atom. The van der Waals surface area contributed by atoms with Crippen molar-refractivity contribution in [2.24, 2.45) is 0 Å². The molecule has 1 aliphatic rings. The predicted molar refractivity (Wildman–Crippen MR) is 61.7 cm³/mol. The maximum atomic E-state index is 3.99. The van der Waals surface area contributed by atoms with E-state index in [1.807, 2.05) is 0 Å². The Balaban J connectivity index is 2.21. The summed E-state index contributed by atoms with van der Waals surface area (Å²) in [6.45, 7) is 11.9. The topological polar surface area (TPSA) is 3.24 Å². The molecule has 72 valence electrons. The summed E-state index contributed by atoms with van der Waals surface area (Å²) in [5, 5.41) is 0. The molecule has 0 amide bonds. The Morgan fingerprint density at radius 2 is 1.50 bits per heavy atom. The third-order valence-electron chi connectivity index (χ3n) is 2.66. The summed E-state index contributed by atoms with van der Waals surface area (Å²) in [6, 6.07) is 8.58. The second-order valence-corrected chi connectivity index (χ2v) is 3.90. The summed E-state index contributed by atoms with van der Waals surface area (Å²) in [4.78, 5) is 2.30. The van der Waals surface area contributed by atoms with Crippen molar-refractivity contribution in [2.75, 3.05) is 18.0 Å². The first-order chi connectivity index (χ1) is 6.66. The van der Waals surface area contributed by atoms with Crippen LogP contribution >= 0.6 is 0 Å². The van der Waals surface area contributed by atoms with E-state index in [2.05, 4.69) is 49.2 Å². The van der Waals surface area contributed by atoms with Crippen molar-refractivity contribution in [2.45, 2.75) is 6.92 Å². The van der Waals surface area contributed by atoms with Crippen LogP contribution in [0.3, 0.4) is 0 Å². The molecule has 0 N–H and O–H groups in total. The highest BCUT2D eigenvalue weighted by atomic mass is 15.1. The first kappa shape index (κ1) is 9.07. The van der Waals surface area contributed by atoms with E-state index in [9.17, 15) is 0 Å². The van der Waals surface area contributed by atoms with Gasteiger partial charge in [-0.15, -0.1) is 0 Å². The number of aryl methyl sites for hydroxylation is 1. The molecule has 0 spiro atoms. The third-order valence-corrected chi connectivity index (χ3v) is 2.66. The molecule has 0 aromatic heterocycles. The molecule has 1 saturated heterocycles. The molecule has 1 heterocycles. The van der Waals surface area contributed by atoms with Gasteiger partial charge in [0.1, 0.15) is 0 Å². The molecule has 0 aliphatic carbocycles. The van der Waals surface area contributed by atoms with Crippen LogP contribution < -0.4 is 4.90 Å². The number of benzene rings is 1. The van der Waals surface area contributed by atoms with Gasteiger partial charge in [0.05, 0.1) is 0 Å². The Kier molecular flexibility index (Phi) is 2.16. The molecule has 0 bridgehead atoms. The molecule has 0 unspecified atom stereocenters. The second kappa shape index (κ2) is 3.33. The zero-order valence-corrected chi connectivity index (χ0v) is 8.59. The van der Waals surface area contributed by atoms with Gasteiger partial charge in [-0.1, -0.05) is 30.9 Å². The van der Waals surface area contributed by atoms with Crippen LogP contribution in [0.25, 0.3) is 0 Å². The number of anilines is 1. The number of hydrogen-bond acceptors (Lipinski definition) is 1. The molecule has 0 saturated carbocycles. The summed E-state index contributed by atoms with van der Waals surface area (Å²) in [6.07, 6.45) is 0. The van der Waals surface area contributed by atoms with Gasteiger partial charge in [-0.2, -0.15) is 0 Å². The molecule has 14 heavy (non-hydrogen) atoms. The van der Waals surface area contributed by atoms with E-state index in [0.717, 1.165) is 24.2 Å². The molecule has 1 nitrogen and oxygen atoms in total. The summed E-state index contributed by atoms with van der Waals surface area (Å²) >= 11 is 0. The van der Waals surface area contributed by atoms with E-state index in [4.69, 9.17) is 0 Å². The van der Waals surface area contributed by atoms with Gasteiger partial charge in [0.25, 0.3) is 0 Å². The van der Waals surface area contributed by atoms with Gasteiger partial charge in [0, 0.05) is 18.8 Å². The average Bonchev–Trinajstić information content (AvgIpc) is 2.48. The fourth-order valence-electron chi connectivity index (χ4n) is 1.68. The maximum absolute atomic E-state index is 3.99. The largest absolute Gasteiger partial charge is 0.363 e. The van der Waals surface area contributed by atoms with E-state index < -0.39 is 0 Å². The normalized spacial score (nSPS) is 16.5. The highest BCUT2D eigenvalue weighted by molar-refractivity contribution is 5.55. The summed E-state index contributed by atoms with van der Waals surface area (Å²) in [7, 11) is 0. The van der Waals surface area contributed by atoms with Crippen molar-refractivity contribution < 1.29 is 0 Å². The van der Waals surface area contributed by atoms with Gasteiger partial charge in [-0.05, 0) is 30.2 Å². The van der Waals surface area contributed by atoms with E-state index in [0.29, 0.717) is 0 Å². The van der Waals surface area contributed by atoms with Crippen LogP contribution in [0.2, 0.25) is 0 Å². The van der Waals surface area contributed by atoms with Gasteiger partial charge in [0.2, 0.25) is 0 Å². The molecule has 1 aliphatic heterocycles. The van der Waals surface area contributed by atoms with Crippen LogP contribution in [0.15, 0.2) is 48.6 Å². The molecular weight excluding hydrogens is 170 g/mol. The zero-order chi connectivity index (χ0) is 10.1. The van der Waals surface area contributed by atoms with Crippen LogP contribution in [-0.4, -0.2) is 13.1 Å². The second-order valence-electron chi connectivity index (χ2n) is 3.90. The fourth-order valence-corrected chi connectivity index (χ4v) is 1.68. The predicted octanol–water partition coefficient (Wildman–Crippen LogP) is 2.93. The zero-order valence-electron chi connectivity index (χ0n) is 8.59. The molecule has 1 aromatic carbocycles. The van der Waals surface area contributed by atoms with Crippen molar-refractivity contribution in [3.63, 3.8) is 0 Å². The Labute approximate surface area is 85.4 Å². The van der Waals surface area contributed by atoms with Gasteiger partial charge in [-0.3, -0.25) is 0 Å². The summed E-state index contributed by atoms with van der Waals surface area (Å²) in [5.41, 5.74) is 4.87. The number of hydrogen-bond donors (Lipinski definition) is 0. The van der Waals surface area contributed by atoms with Crippen LogP contribution in [-0.2, 0) is 0 Å². The Bertz CT molecular complexity index is 357. The minimum atomic E-state index is 0.919. The van der Waals surface area contributed by atoms with Crippen LogP contribution in [0.5, 0.6) is 0 Å². The summed E-state index contributed by atoms with van der Waals surface area (Å²) < 4.78 is 0. The van der Waals surface area contributed by atoms with Crippen molar-refractivity contribution in [1.82, 2.24) is 0 Å². The van der Waals surface area contributed by atoms with Crippen molar-refractivity contribution in [1.29, 1.82) is 0 Å². The quantitative estimate of drug-likeness (QED) is 0.650. The highest BCUT2D eigenvalue weighted by Gasteiger charge is 2.18. The van der Waals surface area contributed by atoms with Gasteiger partial charge >= 0.3 is 0 Å². The molecule has 1 aromatic rings. The van der Waals surface area contributed by atoms with Gasteiger partial charge in [-0.25, -0.2) is 0 Å². The fraction of sp³-hybridized carbons (Fsp3) is 0.231. The van der Waals surface area contributed by atoms with Gasteiger partial charge in [0.15, 0.2) is 0 Å². The van der Waals surface area contributed by atoms with E-state index in [1.165, 1.54) is 11.3 Å². The monoisotopic (exact) mass is 185 g/mol. The minimum Gasteiger partial charge on any atom is -0.363 e.